The third-order valence-electron chi connectivity index (χ3n) is 6.02. The van der Waals surface area contributed by atoms with E-state index in [1.54, 1.807) is 80.7 Å². The Hall–Kier alpha value is -4.51. The van der Waals surface area contributed by atoms with Gasteiger partial charge >= 0.3 is 6.03 Å². The normalized spacial score (nSPS) is 12.8. The molecule has 1 aliphatic rings. The highest BCUT2D eigenvalue weighted by atomic mass is 32.2. The highest BCUT2D eigenvalue weighted by Gasteiger charge is 2.28. The van der Waals surface area contributed by atoms with Crippen LogP contribution in [0, 0.1) is 6.92 Å². The Morgan fingerprint density at radius 2 is 1.79 bits per heavy atom. The van der Waals surface area contributed by atoms with Gasteiger partial charge in [0.25, 0.3) is 10.0 Å². The van der Waals surface area contributed by atoms with Crippen LogP contribution in [-0.4, -0.2) is 46.8 Å². The SMILES string of the molecule is C=CCOc1ccc(C[C@H](NC(=O)NS(=O)(=O)c2ccccc2C)C(=O)N(C)c2ccc3c(c2)OCO3)cc1. The van der Waals surface area contributed by atoms with Crippen LogP contribution in [0.3, 0.4) is 0 Å². The van der Waals surface area contributed by atoms with Gasteiger partial charge in [-0.3, -0.25) is 4.79 Å². The minimum absolute atomic E-state index is 0.0318. The second-order valence-corrected chi connectivity index (χ2v) is 10.4. The van der Waals surface area contributed by atoms with Crippen LogP contribution in [0.5, 0.6) is 17.2 Å². The maximum Gasteiger partial charge on any atom is 0.329 e. The van der Waals surface area contributed by atoms with Crippen LogP contribution in [0.1, 0.15) is 11.1 Å². The van der Waals surface area contributed by atoms with Gasteiger partial charge < -0.3 is 24.4 Å². The molecule has 0 aliphatic carbocycles. The number of aryl methyl sites for hydroxylation is 1. The van der Waals surface area contributed by atoms with Crippen LogP contribution in [0.25, 0.3) is 0 Å². The molecular weight excluding hydrogens is 522 g/mol. The molecule has 3 aromatic carbocycles. The van der Waals surface area contributed by atoms with Crippen molar-refractivity contribution in [2.45, 2.75) is 24.3 Å². The fourth-order valence-corrected chi connectivity index (χ4v) is 5.15. The first-order valence-corrected chi connectivity index (χ1v) is 13.5. The molecule has 0 saturated carbocycles. The standard InChI is InChI=1S/C28H29N3O7S/c1-4-15-36-22-12-9-20(10-13-22)16-23(27(32)31(3)21-11-14-24-25(17-21)38-18-37-24)29-28(33)30-39(34,35)26-8-6-5-7-19(26)2/h4-14,17,23H,1,15-16,18H2,2-3H3,(H2,29,30,33)/t23-/m0/s1. The molecule has 39 heavy (non-hydrogen) atoms. The number of carbonyl (C=O) groups excluding carboxylic acids is 2. The van der Waals surface area contributed by atoms with E-state index < -0.39 is 28.0 Å². The van der Waals surface area contributed by atoms with Crippen molar-refractivity contribution in [1.82, 2.24) is 10.0 Å². The summed E-state index contributed by atoms with van der Waals surface area (Å²) in [4.78, 5) is 27.8. The summed E-state index contributed by atoms with van der Waals surface area (Å²) in [5.41, 5.74) is 1.71. The first kappa shape index (κ1) is 27.5. The van der Waals surface area contributed by atoms with E-state index in [0.29, 0.717) is 35.1 Å². The molecule has 0 fully saturated rings. The predicted molar refractivity (Wildman–Crippen MR) is 146 cm³/mol. The van der Waals surface area contributed by atoms with E-state index in [4.69, 9.17) is 14.2 Å². The lowest BCUT2D eigenvalue weighted by Crippen LogP contribution is -2.52. The first-order chi connectivity index (χ1) is 18.7. The van der Waals surface area contributed by atoms with Gasteiger partial charge in [0.05, 0.1) is 4.90 Å². The number of anilines is 1. The van der Waals surface area contributed by atoms with Crippen LogP contribution in [-0.2, 0) is 21.2 Å². The third-order valence-corrected chi connectivity index (χ3v) is 7.51. The first-order valence-electron chi connectivity index (χ1n) is 12.1. The monoisotopic (exact) mass is 551 g/mol. The molecule has 3 aromatic rings. The van der Waals surface area contributed by atoms with Crippen molar-refractivity contribution in [2.24, 2.45) is 0 Å². The van der Waals surface area contributed by atoms with Crippen molar-refractivity contribution in [1.29, 1.82) is 0 Å². The predicted octanol–water partition coefficient (Wildman–Crippen LogP) is 3.55. The number of hydrogen-bond acceptors (Lipinski definition) is 7. The molecule has 1 heterocycles. The number of hydrogen-bond donors (Lipinski definition) is 2. The average Bonchev–Trinajstić information content (AvgIpc) is 3.39. The van der Waals surface area contributed by atoms with Gasteiger partial charge in [0.1, 0.15) is 18.4 Å². The van der Waals surface area contributed by atoms with Crippen molar-refractivity contribution >= 4 is 27.6 Å². The number of nitrogens with zero attached hydrogens (tertiary/aromatic N) is 1. The molecule has 3 amide bonds. The van der Waals surface area contributed by atoms with Gasteiger partial charge in [-0.1, -0.05) is 43.0 Å². The Balaban J connectivity index is 1.55. The fraction of sp³-hybridized carbons (Fsp3) is 0.214. The van der Waals surface area contributed by atoms with Crippen molar-refractivity contribution in [3.05, 3.63) is 90.5 Å². The third kappa shape index (κ3) is 6.68. The molecule has 0 spiro atoms. The molecule has 0 saturated heterocycles. The summed E-state index contributed by atoms with van der Waals surface area (Å²) in [6, 6.07) is 16.2. The van der Waals surface area contributed by atoms with E-state index in [1.165, 1.54) is 11.0 Å². The molecular formula is C28H29N3O7S. The van der Waals surface area contributed by atoms with E-state index >= 15 is 0 Å². The van der Waals surface area contributed by atoms with Crippen molar-refractivity contribution < 1.29 is 32.2 Å². The van der Waals surface area contributed by atoms with Crippen LogP contribution in [0.15, 0.2) is 84.3 Å². The van der Waals surface area contributed by atoms with E-state index in [1.807, 2.05) is 4.72 Å². The van der Waals surface area contributed by atoms with Gasteiger partial charge in [-0.25, -0.2) is 17.9 Å². The Kier molecular flexibility index (Phi) is 8.40. The quantitative estimate of drug-likeness (QED) is 0.370. The molecule has 2 N–H and O–H groups in total. The summed E-state index contributed by atoms with van der Waals surface area (Å²) < 4.78 is 44.0. The Morgan fingerprint density at radius 1 is 1.08 bits per heavy atom. The van der Waals surface area contributed by atoms with Gasteiger partial charge in [-0.05, 0) is 48.4 Å². The number of fused-ring (bicyclic) bond motifs is 1. The summed E-state index contributed by atoms with van der Waals surface area (Å²) in [7, 11) is -2.61. The minimum atomic E-state index is -4.17. The van der Waals surface area contributed by atoms with Crippen molar-refractivity contribution in [3.8, 4) is 17.2 Å². The maximum absolute atomic E-state index is 13.6. The zero-order chi connectivity index (χ0) is 28.0. The number of urea groups is 1. The summed E-state index contributed by atoms with van der Waals surface area (Å²) in [5.74, 6) is 1.21. The molecule has 204 valence electrons. The Morgan fingerprint density at radius 3 is 2.51 bits per heavy atom. The number of rotatable bonds is 10. The number of amides is 3. The second-order valence-electron chi connectivity index (χ2n) is 8.78. The summed E-state index contributed by atoms with van der Waals surface area (Å²) in [6.45, 7) is 5.68. The maximum atomic E-state index is 13.6. The van der Waals surface area contributed by atoms with Crippen molar-refractivity contribution in [3.63, 3.8) is 0 Å². The number of carbonyl (C=O) groups is 2. The van der Waals surface area contributed by atoms with Crippen LogP contribution >= 0.6 is 0 Å². The van der Waals surface area contributed by atoms with E-state index in [-0.39, 0.29) is 18.1 Å². The van der Waals surface area contributed by atoms with Crippen molar-refractivity contribution in [2.75, 3.05) is 25.3 Å². The molecule has 0 aromatic heterocycles. The van der Waals surface area contributed by atoms with E-state index in [2.05, 4.69) is 11.9 Å². The number of nitrogens with one attached hydrogen (secondary N) is 2. The van der Waals surface area contributed by atoms with Gasteiger partial charge in [-0.15, -0.1) is 0 Å². The fourth-order valence-electron chi connectivity index (χ4n) is 3.99. The lowest BCUT2D eigenvalue weighted by atomic mass is 10.0. The number of likely N-dealkylation sites (N-methyl/N-ethyl adjacent to an activating group) is 1. The van der Waals surface area contributed by atoms with Gasteiger partial charge in [0.15, 0.2) is 11.5 Å². The van der Waals surface area contributed by atoms with E-state index in [0.717, 1.165) is 5.56 Å². The average molecular weight is 552 g/mol. The topological polar surface area (TPSA) is 123 Å². The zero-order valence-electron chi connectivity index (χ0n) is 21.5. The lowest BCUT2D eigenvalue weighted by molar-refractivity contribution is -0.120. The number of benzene rings is 3. The Labute approximate surface area is 227 Å². The highest BCUT2D eigenvalue weighted by molar-refractivity contribution is 7.90. The number of ether oxygens (including phenoxy) is 3. The molecule has 0 unspecified atom stereocenters. The van der Waals surface area contributed by atoms with Gasteiger partial charge in [0, 0.05) is 25.2 Å². The van der Waals surface area contributed by atoms with Gasteiger partial charge in [0.2, 0.25) is 12.7 Å². The molecule has 0 radical (unpaired) electrons. The summed E-state index contributed by atoms with van der Waals surface area (Å²) in [5, 5.41) is 2.54. The summed E-state index contributed by atoms with van der Waals surface area (Å²) in [6.07, 6.45) is 1.72. The molecule has 10 nitrogen and oxygen atoms in total. The molecule has 0 bridgehead atoms. The van der Waals surface area contributed by atoms with Gasteiger partial charge in [-0.2, -0.15) is 0 Å². The number of sulfonamides is 1. The smallest absolute Gasteiger partial charge is 0.329 e. The van der Waals surface area contributed by atoms with E-state index in [9.17, 15) is 18.0 Å². The van der Waals surface area contributed by atoms with Crippen LogP contribution < -0.4 is 29.1 Å². The molecule has 1 aliphatic heterocycles. The summed E-state index contributed by atoms with van der Waals surface area (Å²) >= 11 is 0. The largest absolute Gasteiger partial charge is 0.490 e. The lowest BCUT2D eigenvalue weighted by Gasteiger charge is -2.25. The Bertz CT molecular complexity index is 1470. The molecule has 11 heteroatoms. The molecule has 4 rings (SSSR count). The second kappa shape index (κ2) is 11.9. The minimum Gasteiger partial charge on any atom is -0.490 e. The molecule has 1 atom stereocenters. The highest BCUT2D eigenvalue weighted by Crippen LogP contribution is 2.35. The van der Waals surface area contributed by atoms with Crippen LogP contribution in [0.2, 0.25) is 0 Å². The zero-order valence-corrected chi connectivity index (χ0v) is 22.4. The van der Waals surface area contributed by atoms with Crippen LogP contribution in [0.4, 0.5) is 10.5 Å².